The topological polar surface area (TPSA) is 80.0 Å². The molecule has 92 valence electrons. The number of hydrogen-bond acceptors (Lipinski definition) is 3. The minimum Gasteiger partial charge on any atom is -0.450 e. The number of carbonyl (C=O) groups excluding carboxylic acids is 1. The number of carbonyl (C=O) groups is 1. The van der Waals surface area contributed by atoms with Gasteiger partial charge in [0.05, 0.1) is 6.61 Å². The van der Waals surface area contributed by atoms with Gasteiger partial charge in [0.25, 0.3) is 0 Å². The van der Waals surface area contributed by atoms with E-state index in [-0.39, 0.29) is 6.09 Å². The van der Waals surface area contributed by atoms with Crippen molar-refractivity contribution in [2.45, 2.75) is 25.8 Å². The summed E-state index contributed by atoms with van der Waals surface area (Å²) in [4.78, 5) is 17.0. The first-order chi connectivity index (χ1) is 7.67. The van der Waals surface area contributed by atoms with E-state index < -0.39 is 0 Å². The summed E-state index contributed by atoms with van der Waals surface area (Å²) in [7, 11) is 1.65. The Morgan fingerprint density at radius 1 is 1.56 bits per heavy atom. The molecule has 0 atom stereocenters. The van der Waals surface area contributed by atoms with Crippen molar-refractivity contribution >= 4 is 12.1 Å². The Hall–Kier alpha value is -1.46. The number of rotatable bonds is 2. The van der Waals surface area contributed by atoms with Gasteiger partial charge in [-0.15, -0.1) is 0 Å². The van der Waals surface area contributed by atoms with Crippen molar-refractivity contribution in [1.82, 2.24) is 10.2 Å². The highest BCUT2D eigenvalue weighted by molar-refractivity contribution is 5.78. The molecule has 0 aromatic heterocycles. The van der Waals surface area contributed by atoms with Crippen molar-refractivity contribution in [3.63, 3.8) is 0 Å². The van der Waals surface area contributed by atoms with Gasteiger partial charge < -0.3 is 20.7 Å². The predicted molar refractivity (Wildman–Crippen MR) is 62.3 cm³/mol. The summed E-state index contributed by atoms with van der Waals surface area (Å²) in [6.07, 6.45) is 1.52. The van der Waals surface area contributed by atoms with Crippen LogP contribution in [0.4, 0.5) is 4.79 Å². The third-order valence-corrected chi connectivity index (χ3v) is 2.61. The average Bonchev–Trinajstić information content (AvgIpc) is 2.30. The van der Waals surface area contributed by atoms with E-state index in [4.69, 9.17) is 10.5 Å². The molecule has 6 nitrogen and oxygen atoms in total. The Labute approximate surface area is 95.8 Å². The number of piperidine rings is 1. The van der Waals surface area contributed by atoms with Gasteiger partial charge >= 0.3 is 6.09 Å². The van der Waals surface area contributed by atoms with Crippen LogP contribution in [0.1, 0.15) is 19.8 Å². The van der Waals surface area contributed by atoms with Crippen LogP contribution in [0.3, 0.4) is 0 Å². The second-order valence-electron chi connectivity index (χ2n) is 3.71. The van der Waals surface area contributed by atoms with Crippen molar-refractivity contribution in [1.29, 1.82) is 0 Å². The fraction of sp³-hybridized carbons (Fsp3) is 0.800. The number of ether oxygens (including phenoxy) is 1. The van der Waals surface area contributed by atoms with E-state index in [1.807, 2.05) is 6.92 Å². The van der Waals surface area contributed by atoms with E-state index >= 15 is 0 Å². The number of hydrogen-bond donors (Lipinski definition) is 2. The van der Waals surface area contributed by atoms with Crippen molar-refractivity contribution in [2.75, 3.05) is 26.7 Å². The van der Waals surface area contributed by atoms with Gasteiger partial charge in [0.15, 0.2) is 5.96 Å². The zero-order chi connectivity index (χ0) is 12.0. The molecule has 1 rings (SSSR count). The number of nitrogens with two attached hydrogens (primary N) is 1. The van der Waals surface area contributed by atoms with E-state index in [9.17, 15) is 4.79 Å². The van der Waals surface area contributed by atoms with Gasteiger partial charge in [-0.3, -0.25) is 4.99 Å². The highest BCUT2D eigenvalue weighted by atomic mass is 16.6. The first kappa shape index (κ1) is 12.6. The fourth-order valence-corrected chi connectivity index (χ4v) is 1.69. The van der Waals surface area contributed by atoms with Crippen molar-refractivity contribution in [3.05, 3.63) is 0 Å². The van der Waals surface area contributed by atoms with E-state index in [0.717, 1.165) is 12.8 Å². The molecule has 3 N–H and O–H groups in total. The maximum atomic E-state index is 11.4. The summed E-state index contributed by atoms with van der Waals surface area (Å²) in [5.41, 5.74) is 5.58. The van der Waals surface area contributed by atoms with Crippen molar-refractivity contribution < 1.29 is 9.53 Å². The first-order valence-corrected chi connectivity index (χ1v) is 5.57. The molecule has 1 aliphatic rings. The Kier molecular flexibility index (Phi) is 4.88. The number of nitrogens with zero attached hydrogens (tertiary/aromatic N) is 2. The molecule has 0 saturated carbocycles. The number of amides is 1. The summed E-state index contributed by atoms with van der Waals surface area (Å²) in [6.45, 7) is 3.64. The molecule has 0 aromatic rings. The minimum atomic E-state index is -0.224. The highest BCUT2D eigenvalue weighted by Crippen LogP contribution is 2.11. The summed E-state index contributed by atoms with van der Waals surface area (Å²) in [5.74, 6) is 0.453. The van der Waals surface area contributed by atoms with Gasteiger partial charge in [-0.2, -0.15) is 0 Å². The van der Waals surface area contributed by atoms with Crippen LogP contribution >= 0.6 is 0 Å². The van der Waals surface area contributed by atoms with E-state index in [2.05, 4.69) is 10.3 Å². The van der Waals surface area contributed by atoms with E-state index in [1.165, 1.54) is 0 Å². The van der Waals surface area contributed by atoms with Gasteiger partial charge in [0.1, 0.15) is 0 Å². The Morgan fingerprint density at radius 3 is 2.69 bits per heavy atom. The lowest BCUT2D eigenvalue weighted by atomic mass is 10.1. The van der Waals surface area contributed by atoms with Crippen LogP contribution in [0.15, 0.2) is 4.99 Å². The summed E-state index contributed by atoms with van der Waals surface area (Å²) in [5, 5.41) is 3.11. The zero-order valence-corrected chi connectivity index (χ0v) is 9.90. The lowest BCUT2D eigenvalue weighted by molar-refractivity contribution is 0.0963. The number of aliphatic imine (C=N–C) groups is 1. The second-order valence-corrected chi connectivity index (χ2v) is 3.71. The Balaban J connectivity index is 2.31. The van der Waals surface area contributed by atoms with Crippen LogP contribution in [0.2, 0.25) is 0 Å². The Morgan fingerprint density at radius 2 is 2.19 bits per heavy atom. The molecular formula is C10H20N4O2. The van der Waals surface area contributed by atoms with Gasteiger partial charge in [-0.1, -0.05) is 0 Å². The van der Waals surface area contributed by atoms with Crippen molar-refractivity contribution in [3.8, 4) is 0 Å². The molecule has 0 aliphatic carbocycles. The molecular weight excluding hydrogens is 208 g/mol. The Bertz CT molecular complexity index is 260. The summed E-state index contributed by atoms with van der Waals surface area (Å²) < 4.78 is 4.94. The zero-order valence-electron chi connectivity index (χ0n) is 9.90. The molecule has 1 fully saturated rings. The SMILES string of the molecule is CCOC(=O)N1CCC(NC(N)=NC)CC1. The summed E-state index contributed by atoms with van der Waals surface area (Å²) >= 11 is 0. The van der Waals surface area contributed by atoms with Gasteiger partial charge in [0.2, 0.25) is 0 Å². The van der Waals surface area contributed by atoms with Crippen LogP contribution in [0, 0.1) is 0 Å². The van der Waals surface area contributed by atoms with E-state index in [0.29, 0.717) is 31.7 Å². The standard InChI is InChI=1S/C10H20N4O2/c1-3-16-10(15)14-6-4-8(5-7-14)13-9(11)12-2/h8H,3-7H2,1-2H3,(H3,11,12,13). The first-order valence-electron chi connectivity index (χ1n) is 5.57. The molecule has 0 radical (unpaired) electrons. The molecule has 1 aliphatic heterocycles. The highest BCUT2D eigenvalue weighted by Gasteiger charge is 2.23. The minimum absolute atomic E-state index is 0.224. The van der Waals surface area contributed by atoms with E-state index in [1.54, 1.807) is 11.9 Å². The molecule has 0 aromatic carbocycles. The number of guanidine groups is 1. The second kappa shape index (κ2) is 6.19. The van der Waals surface area contributed by atoms with Crippen LogP contribution in [-0.4, -0.2) is 49.7 Å². The van der Waals surface area contributed by atoms with Crippen LogP contribution in [-0.2, 0) is 4.74 Å². The van der Waals surface area contributed by atoms with Gasteiger partial charge in [-0.25, -0.2) is 4.79 Å². The average molecular weight is 228 g/mol. The quantitative estimate of drug-likeness (QED) is 0.520. The lowest BCUT2D eigenvalue weighted by Gasteiger charge is -2.31. The molecule has 6 heteroatoms. The van der Waals surface area contributed by atoms with Gasteiger partial charge in [0, 0.05) is 26.2 Å². The maximum absolute atomic E-state index is 11.4. The summed E-state index contributed by atoms with van der Waals surface area (Å²) in [6, 6.07) is 0.300. The molecule has 1 amide bonds. The molecule has 0 unspecified atom stereocenters. The molecule has 0 spiro atoms. The largest absolute Gasteiger partial charge is 0.450 e. The van der Waals surface area contributed by atoms with Gasteiger partial charge in [-0.05, 0) is 19.8 Å². The molecule has 16 heavy (non-hydrogen) atoms. The van der Waals surface area contributed by atoms with Crippen LogP contribution in [0.5, 0.6) is 0 Å². The molecule has 1 saturated heterocycles. The third kappa shape index (κ3) is 3.60. The third-order valence-electron chi connectivity index (χ3n) is 2.61. The predicted octanol–water partition coefficient (Wildman–Crippen LogP) is 0.141. The number of nitrogens with one attached hydrogen (secondary N) is 1. The van der Waals surface area contributed by atoms with Crippen molar-refractivity contribution in [2.24, 2.45) is 10.7 Å². The molecule has 1 heterocycles. The van der Waals surface area contributed by atoms with Crippen LogP contribution in [0.25, 0.3) is 0 Å². The molecule has 0 bridgehead atoms. The van der Waals surface area contributed by atoms with Crippen LogP contribution < -0.4 is 11.1 Å². The lowest BCUT2D eigenvalue weighted by Crippen LogP contribution is -2.48. The maximum Gasteiger partial charge on any atom is 0.409 e. The smallest absolute Gasteiger partial charge is 0.409 e. The fourth-order valence-electron chi connectivity index (χ4n) is 1.69. The normalized spacial score (nSPS) is 18.4. The number of likely N-dealkylation sites (tertiary alicyclic amines) is 1. The monoisotopic (exact) mass is 228 g/mol.